The van der Waals surface area contributed by atoms with Gasteiger partial charge >= 0.3 is 0 Å². The van der Waals surface area contributed by atoms with E-state index < -0.39 is 39.4 Å². The Labute approximate surface area is 114 Å². The molecule has 1 saturated heterocycles. The van der Waals surface area contributed by atoms with Gasteiger partial charge in [0.25, 0.3) is 0 Å². The highest BCUT2D eigenvalue weighted by Gasteiger charge is 2.61. The maximum Gasteiger partial charge on any atom is 0.200 e. The molecule has 10 radical (unpaired) electrons. The van der Waals surface area contributed by atoms with Crippen LogP contribution >= 0.6 is 0 Å². The quantitative estimate of drug-likeness (QED) is 0.535. The van der Waals surface area contributed by atoms with Crippen molar-refractivity contribution in [3.63, 3.8) is 0 Å². The molecule has 1 aromatic rings. The minimum absolute atomic E-state index is 0.334. The smallest absolute Gasteiger partial charge is 0.200 e. The summed E-state index contributed by atoms with van der Waals surface area (Å²) in [5.74, 6) is -4.86. The van der Waals surface area contributed by atoms with E-state index in [2.05, 4.69) is 5.32 Å². The van der Waals surface area contributed by atoms with Crippen molar-refractivity contribution in [3.05, 3.63) is 29.6 Å². The van der Waals surface area contributed by atoms with Crippen molar-refractivity contribution in [2.45, 2.75) is 16.2 Å². The van der Waals surface area contributed by atoms with Crippen LogP contribution < -0.4 is 10.1 Å². The van der Waals surface area contributed by atoms with E-state index in [4.69, 9.17) is 44.0 Å². The lowest BCUT2D eigenvalue weighted by atomic mass is 9.27. The van der Waals surface area contributed by atoms with Gasteiger partial charge in [-0.15, -0.1) is 0 Å². The van der Waals surface area contributed by atoms with Crippen molar-refractivity contribution >= 4 is 39.2 Å². The molecule has 0 unspecified atom stereocenters. The van der Waals surface area contributed by atoms with Crippen LogP contribution in [0, 0.1) is 17.5 Å². The molecular weight excluding hydrogens is 249 g/mol. The second-order valence-electron chi connectivity index (χ2n) is 4.40. The normalized spacial score (nSPS) is 22.5. The van der Waals surface area contributed by atoms with Gasteiger partial charge in [0.2, 0.25) is 5.82 Å². The number of hydrogen-bond acceptors (Lipinski definition) is 2. The molecule has 1 aliphatic heterocycles. The number of ether oxygens (including phenoxy) is 1. The fraction of sp³-hybridized carbons (Fsp3) is 0.333. The topological polar surface area (TPSA) is 21.3 Å². The SMILES string of the molecule is [B]C1([B])NC([B])([B])C1([B])Oc1cc(F)cc(F)c1F. The van der Waals surface area contributed by atoms with Crippen molar-refractivity contribution in [1.29, 1.82) is 0 Å². The van der Waals surface area contributed by atoms with Gasteiger partial charge in [-0.2, -0.15) is 4.39 Å². The van der Waals surface area contributed by atoms with E-state index in [1.165, 1.54) is 0 Å². The lowest BCUT2D eigenvalue weighted by molar-refractivity contribution is 0.0147. The van der Waals surface area contributed by atoms with Gasteiger partial charge in [0, 0.05) is 12.1 Å². The monoisotopic (exact) mass is 253 g/mol. The maximum absolute atomic E-state index is 13.5. The third-order valence-corrected chi connectivity index (χ3v) is 2.87. The van der Waals surface area contributed by atoms with Gasteiger partial charge in [0.05, 0.1) is 36.9 Å². The van der Waals surface area contributed by atoms with E-state index in [1.54, 1.807) is 0 Å². The molecule has 2 nitrogen and oxygen atoms in total. The van der Waals surface area contributed by atoms with Gasteiger partial charge in [-0.3, -0.25) is 0 Å². The zero-order chi connectivity index (χ0) is 14.6. The second-order valence-corrected chi connectivity index (χ2v) is 4.40. The Morgan fingerprint density at radius 3 is 1.95 bits per heavy atom. The summed E-state index contributed by atoms with van der Waals surface area (Å²) in [6, 6.07) is 0.901. The van der Waals surface area contributed by atoms with E-state index in [0.29, 0.717) is 12.1 Å². The van der Waals surface area contributed by atoms with Gasteiger partial charge < -0.3 is 10.1 Å². The van der Waals surface area contributed by atoms with Crippen LogP contribution in [0.15, 0.2) is 12.1 Å². The second kappa shape index (κ2) is 4.04. The molecule has 10 heteroatoms. The van der Waals surface area contributed by atoms with Crippen molar-refractivity contribution in [2.24, 2.45) is 0 Å². The minimum Gasteiger partial charge on any atom is -0.494 e. The summed E-state index contributed by atoms with van der Waals surface area (Å²) >= 11 is 0. The van der Waals surface area contributed by atoms with E-state index in [0.717, 1.165) is 0 Å². The Bertz CT molecular complexity index is 525. The number of halogens is 3. The van der Waals surface area contributed by atoms with Gasteiger partial charge in [-0.25, -0.2) is 8.78 Å². The molecule has 0 aliphatic carbocycles. The summed E-state index contributed by atoms with van der Waals surface area (Å²) in [4.78, 5) is 0. The first-order valence-corrected chi connectivity index (χ1v) is 5.07. The zero-order valence-electron chi connectivity index (χ0n) is 9.58. The fourth-order valence-electron chi connectivity index (χ4n) is 1.76. The molecule has 0 bridgehead atoms. The van der Waals surface area contributed by atoms with E-state index >= 15 is 0 Å². The Balaban J connectivity index is 2.41. The molecule has 0 saturated carbocycles. The van der Waals surface area contributed by atoms with Crippen LogP contribution in [0.2, 0.25) is 0 Å². The van der Waals surface area contributed by atoms with Crippen LogP contribution in [0.25, 0.3) is 0 Å². The summed E-state index contributed by atoms with van der Waals surface area (Å²) in [6.45, 7) is 0. The Morgan fingerprint density at radius 1 is 0.947 bits per heavy atom. The molecule has 1 fully saturated rings. The molecule has 1 N–H and O–H groups in total. The average molecular weight is 252 g/mol. The summed E-state index contributed by atoms with van der Waals surface area (Å²) < 4.78 is 44.5. The average Bonchev–Trinajstić information content (AvgIpc) is 2.23. The molecule has 0 spiro atoms. The molecule has 1 heterocycles. The van der Waals surface area contributed by atoms with Crippen LogP contribution in [-0.4, -0.2) is 55.4 Å². The fourth-order valence-corrected chi connectivity index (χ4v) is 1.76. The highest BCUT2D eigenvalue weighted by atomic mass is 19.2. The molecule has 19 heavy (non-hydrogen) atoms. The van der Waals surface area contributed by atoms with E-state index in [1.807, 2.05) is 0 Å². The Kier molecular flexibility index (Phi) is 3.09. The largest absolute Gasteiger partial charge is 0.494 e. The summed E-state index contributed by atoms with van der Waals surface area (Å²) in [5, 5.41) is -1.55. The van der Waals surface area contributed by atoms with E-state index in [9.17, 15) is 13.2 Å². The Hall–Kier alpha value is -0.905. The first-order chi connectivity index (χ1) is 8.50. The van der Waals surface area contributed by atoms with Gasteiger partial charge in [0.1, 0.15) is 13.7 Å². The van der Waals surface area contributed by atoms with E-state index in [-0.39, 0.29) is 0 Å². The lowest BCUT2D eigenvalue weighted by Crippen LogP contribution is -2.94. The third kappa shape index (κ3) is 2.00. The van der Waals surface area contributed by atoms with Gasteiger partial charge in [0.15, 0.2) is 11.6 Å². The molecular formula is C9H3B5F3NO. The van der Waals surface area contributed by atoms with Crippen LogP contribution in [0.5, 0.6) is 5.75 Å². The minimum atomic E-state index is -2.18. The number of nitrogens with one attached hydrogen (secondary N) is 1. The van der Waals surface area contributed by atoms with Crippen molar-refractivity contribution in [2.75, 3.05) is 0 Å². The first kappa shape index (κ1) is 14.5. The van der Waals surface area contributed by atoms with Gasteiger partial charge in [-0.1, -0.05) is 0 Å². The highest BCUT2D eigenvalue weighted by molar-refractivity contribution is 6.56. The van der Waals surface area contributed by atoms with Crippen molar-refractivity contribution in [1.82, 2.24) is 5.32 Å². The molecule has 0 atom stereocenters. The predicted octanol–water partition coefficient (Wildman–Crippen LogP) is -1.07. The van der Waals surface area contributed by atoms with Gasteiger partial charge in [-0.05, 0) is 10.7 Å². The predicted molar refractivity (Wildman–Crippen MR) is 67.0 cm³/mol. The number of rotatable bonds is 2. The number of hydrogen-bond donors (Lipinski definition) is 1. The summed E-state index contributed by atoms with van der Waals surface area (Å²) in [5.41, 5.74) is -2.18. The highest BCUT2D eigenvalue weighted by Crippen LogP contribution is 2.39. The Morgan fingerprint density at radius 2 is 1.47 bits per heavy atom. The summed E-state index contributed by atoms with van der Waals surface area (Å²) in [7, 11) is 27.6. The molecule has 0 aromatic heterocycles. The van der Waals surface area contributed by atoms with Crippen molar-refractivity contribution in [3.8, 4) is 5.75 Å². The summed E-state index contributed by atoms with van der Waals surface area (Å²) in [6.07, 6.45) is 0. The molecule has 1 aliphatic rings. The standard InChI is InChI=1S/C9H3B5F3NO/c10-7(8(11,12)18-9(7,13)14)19-5-2-3(15)1-4(16)6(5)17/h1-2,18H. The van der Waals surface area contributed by atoms with Crippen LogP contribution in [0.3, 0.4) is 0 Å². The number of benzene rings is 1. The van der Waals surface area contributed by atoms with Crippen LogP contribution in [0.1, 0.15) is 0 Å². The third-order valence-electron chi connectivity index (χ3n) is 2.87. The maximum atomic E-state index is 13.5. The lowest BCUT2D eigenvalue weighted by Gasteiger charge is -2.69. The molecule has 86 valence electrons. The van der Waals surface area contributed by atoms with Crippen LogP contribution in [-0.2, 0) is 0 Å². The molecule has 2 rings (SSSR count). The zero-order valence-corrected chi connectivity index (χ0v) is 9.58. The molecule has 0 amide bonds. The van der Waals surface area contributed by atoms with Crippen LogP contribution in [0.4, 0.5) is 13.2 Å². The first-order valence-electron chi connectivity index (χ1n) is 5.07. The van der Waals surface area contributed by atoms with Crippen molar-refractivity contribution < 1.29 is 17.9 Å². The molecule has 1 aromatic carbocycles.